The smallest absolute Gasteiger partial charge is 0.416 e. The topological polar surface area (TPSA) is 47.6 Å². The molecule has 4 nitrogen and oxygen atoms in total. The lowest BCUT2D eigenvalue weighted by Gasteiger charge is -2.09. The number of amides is 1. The molecule has 0 saturated heterocycles. The van der Waals surface area contributed by atoms with E-state index >= 15 is 0 Å². The highest BCUT2D eigenvalue weighted by Crippen LogP contribution is 2.32. The molecule has 1 amide bonds. The highest BCUT2D eigenvalue weighted by molar-refractivity contribution is 7.99. The molecule has 0 spiro atoms. The summed E-state index contributed by atoms with van der Waals surface area (Å²) in [5.41, 5.74) is 0.738. The van der Waals surface area contributed by atoms with E-state index in [4.69, 9.17) is 9.47 Å². The summed E-state index contributed by atoms with van der Waals surface area (Å²) in [5.74, 6) is 1.65. The zero-order valence-electron chi connectivity index (χ0n) is 13.6. The molecule has 8 heteroatoms. The predicted molar refractivity (Wildman–Crippen MR) is 92.0 cm³/mol. The molecule has 1 aliphatic rings. The number of hydrogen-bond acceptors (Lipinski definition) is 4. The van der Waals surface area contributed by atoms with E-state index in [1.807, 2.05) is 6.07 Å². The molecule has 2 aromatic rings. The summed E-state index contributed by atoms with van der Waals surface area (Å²) in [5, 5.41) is 2.78. The summed E-state index contributed by atoms with van der Waals surface area (Å²) in [7, 11) is 0. The summed E-state index contributed by atoms with van der Waals surface area (Å²) in [6.45, 7) is 0.539. The van der Waals surface area contributed by atoms with Gasteiger partial charge in [0.2, 0.25) is 12.7 Å². The number of ether oxygens (including phenoxy) is 2. The molecule has 0 aromatic heterocycles. The third-order valence-electron chi connectivity index (χ3n) is 3.68. The Morgan fingerprint density at radius 3 is 2.69 bits per heavy atom. The minimum atomic E-state index is -4.36. The largest absolute Gasteiger partial charge is 0.454 e. The quantitative estimate of drug-likeness (QED) is 0.820. The van der Waals surface area contributed by atoms with Gasteiger partial charge in [0.1, 0.15) is 0 Å². The van der Waals surface area contributed by atoms with Gasteiger partial charge in [0.25, 0.3) is 0 Å². The Morgan fingerprint density at radius 2 is 1.88 bits per heavy atom. The number of rotatable bonds is 6. The zero-order valence-corrected chi connectivity index (χ0v) is 14.5. The third-order valence-corrected chi connectivity index (χ3v) is 4.69. The van der Waals surface area contributed by atoms with E-state index in [0.29, 0.717) is 29.4 Å². The zero-order chi connectivity index (χ0) is 18.6. The number of alkyl halides is 3. The van der Waals surface area contributed by atoms with Crippen LogP contribution in [0.25, 0.3) is 0 Å². The molecule has 0 saturated carbocycles. The van der Waals surface area contributed by atoms with Crippen molar-refractivity contribution in [3.63, 3.8) is 0 Å². The molecule has 0 unspecified atom stereocenters. The maximum Gasteiger partial charge on any atom is 0.416 e. The lowest BCUT2D eigenvalue weighted by molar-refractivity contribution is -0.137. The first-order chi connectivity index (χ1) is 12.4. The van der Waals surface area contributed by atoms with Gasteiger partial charge in [-0.05, 0) is 29.3 Å². The van der Waals surface area contributed by atoms with E-state index in [1.165, 1.54) is 17.8 Å². The van der Waals surface area contributed by atoms with Crippen LogP contribution >= 0.6 is 11.8 Å². The first kappa shape index (κ1) is 18.4. The van der Waals surface area contributed by atoms with Crippen molar-refractivity contribution in [1.82, 2.24) is 5.32 Å². The Bertz CT molecular complexity index is 795. The highest BCUT2D eigenvalue weighted by atomic mass is 32.2. The van der Waals surface area contributed by atoms with Crippen LogP contribution in [-0.4, -0.2) is 18.5 Å². The Balaban J connectivity index is 1.43. The average Bonchev–Trinajstić information content (AvgIpc) is 3.07. The Morgan fingerprint density at radius 1 is 1.08 bits per heavy atom. The lowest BCUT2D eigenvalue weighted by Crippen LogP contribution is -2.24. The molecule has 1 heterocycles. The van der Waals surface area contributed by atoms with E-state index in [-0.39, 0.29) is 18.5 Å². The number of benzene rings is 2. The molecular weight excluding hydrogens is 367 g/mol. The minimum absolute atomic E-state index is 0.167. The van der Waals surface area contributed by atoms with E-state index in [1.54, 1.807) is 18.2 Å². The fourth-order valence-electron chi connectivity index (χ4n) is 2.40. The van der Waals surface area contributed by atoms with Crippen molar-refractivity contribution < 1.29 is 27.4 Å². The van der Waals surface area contributed by atoms with Gasteiger partial charge in [-0.2, -0.15) is 13.2 Å². The number of thioether (sulfide) groups is 1. The van der Waals surface area contributed by atoms with Gasteiger partial charge in [-0.25, -0.2) is 0 Å². The first-order valence-electron chi connectivity index (χ1n) is 7.81. The van der Waals surface area contributed by atoms with Gasteiger partial charge < -0.3 is 14.8 Å². The van der Waals surface area contributed by atoms with Crippen molar-refractivity contribution in [3.05, 3.63) is 59.2 Å². The summed E-state index contributed by atoms with van der Waals surface area (Å²) in [6, 6.07) is 10.6. The summed E-state index contributed by atoms with van der Waals surface area (Å²) < 4.78 is 48.5. The van der Waals surface area contributed by atoms with E-state index in [2.05, 4.69) is 5.32 Å². The van der Waals surface area contributed by atoms with Gasteiger partial charge in [-0.15, -0.1) is 11.8 Å². The van der Waals surface area contributed by atoms with Crippen LogP contribution in [0, 0.1) is 0 Å². The predicted octanol–water partition coefficient (Wildman–Crippen LogP) is 3.98. The molecule has 0 radical (unpaired) electrons. The van der Waals surface area contributed by atoms with Gasteiger partial charge in [-0.1, -0.05) is 24.3 Å². The van der Waals surface area contributed by atoms with Gasteiger partial charge in [0.15, 0.2) is 11.5 Å². The summed E-state index contributed by atoms with van der Waals surface area (Å²) in [6.07, 6.45) is -4.36. The van der Waals surface area contributed by atoms with Crippen LogP contribution in [0.5, 0.6) is 11.5 Å². The number of nitrogens with one attached hydrogen (secondary N) is 1. The van der Waals surface area contributed by atoms with Crippen molar-refractivity contribution in [2.24, 2.45) is 0 Å². The average molecular weight is 383 g/mol. The Labute approximate surface area is 152 Å². The van der Waals surface area contributed by atoms with Crippen LogP contribution in [0.3, 0.4) is 0 Å². The molecular formula is C18H16F3NO3S. The van der Waals surface area contributed by atoms with Crippen molar-refractivity contribution in [3.8, 4) is 11.5 Å². The van der Waals surface area contributed by atoms with Crippen molar-refractivity contribution in [2.45, 2.75) is 18.5 Å². The monoisotopic (exact) mass is 383 g/mol. The Kier molecular flexibility index (Phi) is 5.61. The molecule has 138 valence electrons. The van der Waals surface area contributed by atoms with E-state index in [0.717, 1.165) is 17.7 Å². The second-order valence-electron chi connectivity index (χ2n) is 5.66. The van der Waals surface area contributed by atoms with Crippen LogP contribution < -0.4 is 14.8 Å². The highest BCUT2D eigenvalue weighted by Gasteiger charge is 2.30. The summed E-state index contributed by atoms with van der Waals surface area (Å²) >= 11 is 1.26. The number of halogens is 3. The van der Waals surface area contributed by atoms with Crippen molar-refractivity contribution in [2.75, 3.05) is 12.5 Å². The normalized spacial score (nSPS) is 12.9. The number of hydrogen-bond donors (Lipinski definition) is 1. The van der Waals surface area contributed by atoms with Crippen molar-refractivity contribution in [1.29, 1.82) is 0 Å². The van der Waals surface area contributed by atoms with Gasteiger partial charge in [-0.3, -0.25) is 4.79 Å². The molecule has 0 aliphatic carbocycles. The van der Waals surface area contributed by atoms with Crippen LogP contribution in [-0.2, 0) is 23.3 Å². The number of carbonyl (C=O) groups excluding carboxylic acids is 1. The maximum absolute atomic E-state index is 12.7. The van der Waals surface area contributed by atoms with Gasteiger partial charge >= 0.3 is 6.18 Å². The van der Waals surface area contributed by atoms with Gasteiger partial charge in [0, 0.05) is 12.3 Å². The van der Waals surface area contributed by atoms with Crippen LogP contribution in [0.15, 0.2) is 42.5 Å². The number of carbonyl (C=O) groups is 1. The molecule has 3 rings (SSSR count). The molecule has 0 fully saturated rings. The van der Waals surface area contributed by atoms with Crippen LogP contribution in [0.4, 0.5) is 13.2 Å². The summed E-state index contributed by atoms with van der Waals surface area (Å²) in [4.78, 5) is 11.9. The van der Waals surface area contributed by atoms with Crippen molar-refractivity contribution >= 4 is 17.7 Å². The van der Waals surface area contributed by atoms with Crippen LogP contribution in [0.2, 0.25) is 0 Å². The SMILES string of the molecule is O=C(CSCc1cccc(C(F)(F)F)c1)NCc1ccc2c(c1)OCO2. The molecule has 0 bridgehead atoms. The standard InChI is InChI=1S/C18H16F3NO3S/c19-18(20,21)14-3-1-2-13(6-14)9-26-10-17(23)22-8-12-4-5-15-16(7-12)25-11-24-15/h1-7H,8-11H2,(H,22,23). The molecule has 0 atom stereocenters. The molecule has 26 heavy (non-hydrogen) atoms. The molecule has 1 aliphatic heterocycles. The molecule has 1 N–H and O–H groups in total. The maximum atomic E-state index is 12.7. The molecule has 2 aromatic carbocycles. The fourth-order valence-corrected chi connectivity index (χ4v) is 3.21. The fraction of sp³-hybridized carbons (Fsp3) is 0.278. The number of fused-ring (bicyclic) bond motifs is 1. The van der Waals surface area contributed by atoms with Crippen LogP contribution in [0.1, 0.15) is 16.7 Å². The minimum Gasteiger partial charge on any atom is -0.454 e. The van der Waals surface area contributed by atoms with E-state index < -0.39 is 11.7 Å². The van der Waals surface area contributed by atoms with E-state index in [9.17, 15) is 18.0 Å². The van der Waals surface area contributed by atoms with Gasteiger partial charge in [0.05, 0.1) is 11.3 Å². The third kappa shape index (κ3) is 4.85. The lowest BCUT2D eigenvalue weighted by atomic mass is 10.1. The second kappa shape index (κ2) is 7.90. The first-order valence-corrected chi connectivity index (χ1v) is 8.96. The second-order valence-corrected chi connectivity index (χ2v) is 6.64. The Hall–Kier alpha value is -2.35.